The van der Waals surface area contributed by atoms with E-state index in [1.54, 1.807) is 20.1 Å². The smallest absolute Gasteiger partial charge is 0.335 e. The average molecular weight is 320 g/mol. The van der Waals surface area contributed by atoms with Gasteiger partial charge in [-0.25, -0.2) is 9.18 Å². The highest BCUT2D eigenvalue weighted by molar-refractivity contribution is 5.88. The number of methoxy groups -OCH3 is 1. The van der Waals surface area contributed by atoms with Gasteiger partial charge in [0.15, 0.2) is 0 Å². The molecule has 5 nitrogen and oxygen atoms in total. The van der Waals surface area contributed by atoms with E-state index in [0.29, 0.717) is 18.1 Å². The number of carboxylic acids is 1. The Hall–Kier alpha value is -2.60. The highest BCUT2D eigenvalue weighted by Gasteiger charge is 2.12. The Morgan fingerprint density at radius 2 is 1.78 bits per heavy atom. The molecule has 2 aromatic carbocycles. The van der Waals surface area contributed by atoms with Gasteiger partial charge < -0.3 is 19.3 Å². The maximum absolute atomic E-state index is 12.9. The molecule has 2 aromatic rings. The van der Waals surface area contributed by atoms with Crippen LogP contribution in [0.5, 0.6) is 17.2 Å². The molecule has 0 bridgehead atoms. The van der Waals surface area contributed by atoms with Gasteiger partial charge in [0, 0.05) is 13.2 Å². The van der Waals surface area contributed by atoms with Crippen LogP contribution in [0.4, 0.5) is 4.39 Å². The van der Waals surface area contributed by atoms with Crippen LogP contribution in [0.25, 0.3) is 0 Å². The number of rotatable bonds is 7. The molecule has 0 saturated heterocycles. The lowest BCUT2D eigenvalue weighted by Crippen LogP contribution is -2.18. The quantitative estimate of drug-likeness (QED) is 0.842. The number of benzene rings is 2. The minimum absolute atomic E-state index is 0.0317. The van der Waals surface area contributed by atoms with E-state index in [0.717, 1.165) is 0 Å². The van der Waals surface area contributed by atoms with Crippen LogP contribution >= 0.6 is 0 Å². The molecule has 23 heavy (non-hydrogen) atoms. The van der Waals surface area contributed by atoms with Crippen LogP contribution in [-0.4, -0.2) is 30.9 Å². The van der Waals surface area contributed by atoms with Crippen molar-refractivity contribution >= 4 is 5.97 Å². The van der Waals surface area contributed by atoms with Crippen molar-refractivity contribution in [1.29, 1.82) is 0 Å². The molecule has 6 heteroatoms. The molecule has 0 fully saturated rings. The Bertz CT molecular complexity index is 669. The minimum Gasteiger partial charge on any atom is -0.488 e. The van der Waals surface area contributed by atoms with Crippen molar-refractivity contribution in [2.45, 2.75) is 13.0 Å². The lowest BCUT2D eigenvalue weighted by atomic mass is 10.2. The van der Waals surface area contributed by atoms with E-state index in [1.165, 1.54) is 36.4 Å². The summed E-state index contributed by atoms with van der Waals surface area (Å²) in [5, 5.41) is 9.19. The summed E-state index contributed by atoms with van der Waals surface area (Å²) in [4.78, 5) is 11.2. The minimum atomic E-state index is -1.10. The molecule has 0 aliphatic carbocycles. The van der Waals surface area contributed by atoms with E-state index in [9.17, 15) is 14.3 Å². The maximum Gasteiger partial charge on any atom is 0.335 e. The number of hydrogen-bond donors (Lipinski definition) is 1. The second-order valence-electron chi connectivity index (χ2n) is 4.94. The third-order valence-corrected chi connectivity index (χ3v) is 2.91. The molecular weight excluding hydrogens is 303 g/mol. The Morgan fingerprint density at radius 1 is 1.13 bits per heavy atom. The number of carbonyl (C=O) groups is 1. The van der Waals surface area contributed by atoms with Gasteiger partial charge in [-0.05, 0) is 43.3 Å². The van der Waals surface area contributed by atoms with E-state index in [2.05, 4.69) is 0 Å². The van der Waals surface area contributed by atoms with Crippen molar-refractivity contribution in [2.24, 2.45) is 0 Å². The zero-order valence-corrected chi connectivity index (χ0v) is 12.8. The molecule has 0 unspecified atom stereocenters. The summed E-state index contributed by atoms with van der Waals surface area (Å²) in [6.45, 7) is 2.17. The molecule has 122 valence electrons. The normalized spacial score (nSPS) is 11.8. The predicted octanol–water partition coefficient (Wildman–Crippen LogP) is 3.73. The van der Waals surface area contributed by atoms with E-state index >= 15 is 0 Å². The Balaban J connectivity index is 2.25. The summed E-state index contributed by atoms with van der Waals surface area (Å²) < 4.78 is 29.1. The van der Waals surface area contributed by atoms with Crippen molar-refractivity contribution in [3.05, 3.63) is 53.8 Å². The third-order valence-electron chi connectivity index (χ3n) is 2.91. The van der Waals surface area contributed by atoms with Crippen LogP contribution in [0.1, 0.15) is 17.3 Å². The molecule has 2 rings (SSSR count). The lowest BCUT2D eigenvalue weighted by molar-refractivity contribution is 0.0693. The molecule has 0 radical (unpaired) electrons. The second-order valence-corrected chi connectivity index (χ2v) is 4.94. The largest absolute Gasteiger partial charge is 0.488 e. The van der Waals surface area contributed by atoms with Gasteiger partial charge in [0.25, 0.3) is 0 Å². The Kier molecular flexibility index (Phi) is 5.54. The first kappa shape index (κ1) is 16.8. The summed E-state index contributed by atoms with van der Waals surface area (Å²) in [5.74, 6) is -0.444. The average Bonchev–Trinajstić information content (AvgIpc) is 2.49. The Labute approximate surface area is 133 Å². The fraction of sp³-hybridized carbons (Fsp3) is 0.235. The monoisotopic (exact) mass is 320 g/mol. The third kappa shape index (κ3) is 4.96. The highest BCUT2D eigenvalue weighted by Crippen LogP contribution is 2.28. The van der Waals surface area contributed by atoms with Gasteiger partial charge >= 0.3 is 5.97 Å². The molecule has 1 N–H and O–H groups in total. The first-order valence-corrected chi connectivity index (χ1v) is 6.95. The van der Waals surface area contributed by atoms with Crippen LogP contribution < -0.4 is 9.47 Å². The number of aromatic carboxylic acids is 1. The van der Waals surface area contributed by atoms with Gasteiger partial charge in [0.1, 0.15) is 29.2 Å². The van der Waals surface area contributed by atoms with E-state index < -0.39 is 5.97 Å². The van der Waals surface area contributed by atoms with Crippen molar-refractivity contribution in [1.82, 2.24) is 0 Å². The molecule has 0 heterocycles. The highest BCUT2D eigenvalue weighted by atomic mass is 19.1. The number of hydrogen-bond acceptors (Lipinski definition) is 4. The molecule has 0 saturated carbocycles. The standard InChI is InChI=1S/C17H17FO5/c1-11(10-21-2)22-15-7-12(17(19)20)8-16(9-15)23-14-5-3-13(18)4-6-14/h3-9,11H,10H2,1-2H3,(H,19,20)/t11-/m0/s1. The van der Waals surface area contributed by atoms with Crippen LogP contribution in [0, 0.1) is 5.82 Å². The molecule has 0 aliphatic heterocycles. The fourth-order valence-corrected chi connectivity index (χ4v) is 1.96. The van der Waals surface area contributed by atoms with E-state index in [4.69, 9.17) is 14.2 Å². The lowest BCUT2D eigenvalue weighted by Gasteiger charge is -2.15. The van der Waals surface area contributed by atoms with Crippen molar-refractivity contribution in [2.75, 3.05) is 13.7 Å². The van der Waals surface area contributed by atoms with Gasteiger partial charge in [-0.1, -0.05) is 0 Å². The molecule has 0 aliphatic rings. The van der Waals surface area contributed by atoms with Gasteiger partial charge in [-0.2, -0.15) is 0 Å². The molecule has 0 spiro atoms. The first-order chi connectivity index (χ1) is 11.0. The van der Waals surface area contributed by atoms with Gasteiger partial charge in [-0.3, -0.25) is 0 Å². The summed E-state index contributed by atoms with van der Waals surface area (Å²) in [7, 11) is 1.55. The van der Waals surface area contributed by atoms with Gasteiger partial charge in [-0.15, -0.1) is 0 Å². The van der Waals surface area contributed by atoms with Crippen LogP contribution in [0.2, 0.25) is 0 Å². The van der Waals surface area contributed by atoms with Crippen LogP contribution in [0.3, 0.4) is 0 Å². The molecule has 0 amide bonds. The summed E-state index contributed by atoms with van der Waals surface area (Å²) in [6, 6.07) is 9.78. The van der Waals surface area contributed by atoms with Crippen LogP contribution in [0.15, 0.2) is 42.5 Å². The number of carboxylic acid groups (broad SMARTS) is 1. The SMILES string of the molecule is COC[C@H](C)Oc1cc(Oc2ccc(F)cc2)cc(C(=O)O)c1. The first-order valence-electron chi connectivity index (χ1n) is 6.95. The predicted molar refractivity (Wildman–Crippen MR) is 81.8 cm³/mol. The fourth-order valence-electron chi connectivity index (χ4n) is 1.96. The molecule has 0 aromatic heterocycles. The summed E-state index contributed by atoms with van der Waals surface area (Å²) in [6.07, 6.45) is -0.247. The van der Waals surface area contributed by atoms with E-state index in [-0.39, 0.29) is 23.2 Å². The van der Waals surface area contributed by atoms with Gasteiger partial charge in [0.05, 0.1) is 12.2 Å². The molecular formula is C17H17FO5. The zero-order chi connectivity index (χ0) is 16.8. The van der Waals surface area contributed by atoms with Crippen LogP contribution in [-0.2, 0) is 4.74 Å². The zero-order valence-electron chi connectivity index (χ0n) is 12.8. The number of ether oxygens (including phenoxy) is 3. The van der Waals surface area contributed by atoms with Crippen molar-refractivity contribution in [3.8, 4) is 17.2 Å². The number of halogens is 1. The van der Waals surface area contributed by atoms with E-state index in [1.807, 2.05) is 0 Å². The Morgan fingerprint density at radius 3 is 2.39 bits per heavy atom. The van der Waals surface area contributed by atoms with Gasteiger partial charge in [0.2, 0.25) is 0 Å². The summed E-state index contributed by atoms with van der Waals surface area (Å²) in [5.41, 5.74) is 0.0317. The van der Waals surface area contributed by atoms with Crippen molar-refractivity contribution in [3.63, 3.8) is 0 Å². The van der Waals surface area contributed by atoms with Crippen molar-refractivity contribution < 1.29 is 28.5 Å². The molecule has 1 atom stereocenters. The maximum atomic E-state index is 12.9. The summed E-state index contributed by atoms with van der Waals surface area (Å²) >= 11 is 0. The topological polar surface area (TPSA) is 65.0 Å². The second kappa shape index (κ2) is 7.60.